The number of nitrogen functional groups attached to an aromatic ring is 1. The molecule has 1 atom stereocenters. The molecule has 1 aromatic carbocycles. The Kier molecular flexibility index (Phi) is 6.26. The lowest BCUT2D eigenvalue weighted by Crippen LogP contribution is -2.31. The van der Waals surface area contributed by atoms with Crippen LogP contribution >= 0.6 is 11.8 Å². The third-order valence-electron chi connectivity index (χ3n) is 5.25. The van der Waals surface area contributed by atoms with Crippen LogP contribution in [0.4, 0.5) is 17.8 Å². The molecule has 0 bridgehead atoms. The van der Waals surface area contributed by atoms with E-state index >= 15 is 0 Å². The van der Waals surface area contributed by atoms with Gasteiger partial charge in [0.05, 0.1) is 10.9 Å². The van der Waals surface area contributed by atoms with Crippen molar-refractivity contribution in [3.63, 3.8) is 0 Å². The summed E-state index contributed by atoms with van der Waals surface area (Å²) >= 11 is 1.57. The molecule has 2 N–H and O–H groups in total. The van der Waals surface area contributed by atoms with E-state index in [1.165, 1.54) is 24.8 Å². The quantitative estimate of drug-likeness (QED) is 0.580. The van der Waals surface area contributed by atoms with Crippen LogP contribution < -0.4 is 15.5 Å². The van der Waals surface area contributed by atoms with E-state index in [0.29, 0.717) is 11.8 Å². The highest BCUT2D eigenvalue weighted by atomic mass is 32.2. The number of aryl methyl sites for hydroxylation is 1. The van der Waals surface area contributed by atoms with Gasteiger partial charge in [0.2, 0.25) is 17.8 Å². The van der Waals surface area contributed by atoms with Crippen molar-refractivity contribution in [1.82, 2.24) is 29.7 Å². The third kappa shape index (κ3) is 4.73. The fraction of sp³-hybridized carbons (Fsp3) is 0.476. The number of anilines is 3. The van der Waals surface area contributed by atoms with Crippen molar-refractivity contribution in [3.05, 3.63) is 35.7 Å². The van der Waals surface area contributed by atoms with Gasteiger partial charge >= 0.3 is 0 Å². The smallest absolute Gasteiger partial charge is 0.232 e. The maximum absolute atomic E-state index is 5.93. The number of piperidine rings is 1. The Hall–Kier alpha value is -2.88. The van der Waals surface area contributed by atoms with E-state index in [2.05, 4.69) is 65.8 Å². The van der Waals surface area contributed by atoms with Gasteiger partial charge in [0.15, 0.2) is 5.16 Å². The van der Waals surface area contributed by atoms with Crippen molar-refractivity contribution in [1.29, 1.82) is 0 Å². The van der Waals surface area contributed by atoms with Crippen LogP contribution in [0.25, 0.3) is 5.69 Å². The molecule has 164 valence electrons. The van der Waals surface area contributed by atoms with E-state index in [4.69, 9.17) is 5.73 Å². The summed E-state index contributed by atoms with van der Waals surface area (Å²) in [6.07, 6.45) is 3.62. The molecular formula is C21H29N9S. The van der Waals surface area contributed by atoms with Crippen molar-refractivity contribution in [2.75, 3.05) is 42.7 Å². The SMILES string of the molecule is Cc1ccc(-n2c(S[C@@H](C)c3nc(N)nc(N(C)C)n3)nnc2N2CCCCC2)cc1. The highest BCUT2D eigenvalue weighted by Crippen LogP contribution is 2.36. The first-order chi connectivity index (χ1) is 14.9. The van der Waals surface area contributed by atoms with E-state index < -0.39 is 0 Å². The summed E-state index contributed by atoms with van der Waals surface area (Å²) in [4.78, 5) is 17.3. The lowest BCUT2D eigenvalue weighted by molar-refractivity contribution is 0.564. The van der Waals surface area contributed by atoms with Crippen molar-refractivity contribution in [2.45, 2.75) is 43.5 Å². The Morgan fingerprint density at radius 3 is 2.39 bits per heavy atom. The van der Waals surface area contributed by atoms with Gasteiger partial charge in [-0.25, -0.2) is 0 Å². The van der Waals surface area contributed by atoms with E-state index in [-0.39, 0.29) is 11.2 Å². The van der Waals surface area contributed by atoms with Gasteiger partial charge in [0.1, 0.15) is 5.82 Å². The van der Waals surface area contributed by atoms with Crippen LogP contribution in [0.15, 0.2) is 29.4 Å². The molecule has 0 amide bonds. The molecule has 1 aliphatic heterocycles. The summed E-state index contributed by atoms with van der Waals surface area (Å²) in [5.41, 5.74) is 8.20. The van der Waals surface area contributed by atoms with Crippen LogP contribution in [-0.4, -0.2) is 56.9 Å². The molecule has 31 heavy (non-hydrogen) atoms. The minimum Gasteiger partial charge on any atom is -0.368 e. The number of hydrogen-bond acceptors (Lipinski definition) is 9. The molecule has 1 aliphatic rings. The van der Waals surface area contributed by atoms with Gasteiger partial charge in [-0.2, -0.15) is 15.0 Å². The highest BCUT2D eigenvalue weighted by molar-refractivity contribution is 7.99. The average Bonchev–Trinajstić information content (AvgIpc) is 3.18. The lowest BCUT2D eigenvalue weighted by atomic mass is 10.1. The zero-order valence-electron chi connectivity index (χ0n) is 18.5. The number of benzene rings is 1. The molecule has 0 radical (unpaired) electrons. The van der Waals surface area contributed by atoms with E-state index in [9.17, 15) is 0 Å². The maximum atomic E-state index is 5.93. The van der Waals surface area contributed by atoms with Crippen molar-refractivity contribution < 1.29 is 0 Å². The fourth-order valence-corrected chi connectivity index (χ4v) is 4.45. The number of rotatable bonds is 6. The number of thioether (sulfide) groups is 1. The van der Waals surface area contributed by atoms with Gasteiger partial charge in [-0.1, -0.05) is 29.5 Å². The van der Waals surface area contributed by atoms with Crippen LogP contribution in [0.1, 0.15) is 42.8 Å². The largest absolute Gasteiger partial charge is 0.368 e. The predicted octanol–water partition coefficient (Wildman–Crippen LogP) is 3.25. The Balaban J connectivity index is 1.69. The molecule has 0 unspecified atom stereocenters. The average molecular weight is 440 g/mol. The first kappa shape index (κ1) is 21.4. The van der Waals surface area contributed by atoms with Gasteiger partial charge in [-0.3, -0.25) is 4.57 Å². The van der Waals surface area contributed by atoms with Gasteiger partial charge in [-0.15, -0.1) is 10.2 Å². The summed E-state index contributed by atoms with van der Waals surface area (Å²) in [5.74, 6) is 2.28. The molecule has 3 heterocycles. The van der Waals surface area contributed by atoms with E-state index in [1.807, 2.05) is 25.9 Å². The molecule has 9 nitrogen and oxygen atoms in total. The molecule has 2 aromatic heterocycles. The molecule has 1 saturated heterocycles. The summed E-state index contributed by atoms with van der Waals surface area (Å²) in [7, 11) is 3.77. The maximum Gasteiger partial charge on any atom is 0.232 e. The Morgan fingerprint density at radius 2 is 1.71 bits per heavy atom. The van der Waals surface area contributed by atoms with Crippen LogP contribution in [0, 0.1) is 6.92 Å². The topological polar surface area (TPSA) is 102 Å². The normalized spacial score (nSPS) is 15.2. The summed E-state index contributed by atoms with van der Waals surface area (Å²) in [5, 5.41) is 9.87. The van der Waals surface area contributed by atoms with Crippen LogP contribution in [0.5, 0.6) is 0 Å². The molecule has 1 fully saturated rings. The number of nitrogens with zero attached hydrogens (tertiary/aromatic N) is 8. The molecule has 10 heteroatoms. The minimum absolute atomic E-state index is 0.0772. The number of nitrogens with two attached hydrogens (primary N) is 1. The molecule has 4 rings (SSSR count). The summed E-state index contributed by atoms with van der Waals surface area (Å²) in [6.45, 7) is 6.14. The fourth-order valence-electron chi connectivity index (χ4n) is 3.55. The molecule has 0 saturated carbocycles. The zero-order chi connectivity index (χ0) is 22.0. The van der Waals surface area contributed by atoms with Gasteiger partial charge < -0.3 is 15.5 Å². The minimum atomic E-state index is -0.0772. The Morgan fingerprint density at radius 1 is 1.00 bits per heavy atom. The second-order valence-electron chi connectivity index (χ2n) is 8.01. The van der Waals surface area contributed by atoms with Crippen LogP contribution in [0.3, 0.4) is 0 Å². The molecule has 0 spiro atoms. The number of aromatic nitrogens is 6. The van der Waals surface area contributed by atoms with Gasteiger partial charge in [0, 0.05) is 27.2 Å². The summed E-state index contributed by atoms with van der Waals surface area (Å²) in [6, 6.07) is 8.46. The highest BCUT2D eigenvalue weighted by Gasteiger charge is 2.24. The zero-order valence-corrected chi connectivity index (χ0v) is 19.3. The van der Waals surface area contributed by atoms with E-state index in [1.54, 1.807) is 11.8 Å². The summed E-state index contributed by atoms with van der Waals surface area (Å²) < 4.78 is 2.14. The first-order valence-corrected chi connectivity index (χ1v) is 11.4. The van der Waals surface area contributed by atoms with Crippen LogP contribution in [0.2, 0.25) is 0 Å². The van der Waals surface area contributed by atoms with Gasteiger partial charge in [0.25, 0.3) is 0 Å². The predicted molar refractivity (Wildman–Crippen MR) is 125 cm³/mol. The molecule has 0 aliphatic carbocycles. The first-order valence-electron chi connectivity index (χ1n) is 10.5. The monoisotopic (exact) mass is 439 g/mol. The van der Waals surface area contributed by atoms with Gasteiger partial charge in [-0.05, 0) is 45.2 Å². The molecule has 3 aromatic rings. The van der Waals surface area contributed by atoms with E-state index in [0.717, 1.165) is 29.9 Å². The van der Waals surface area contributed by atoms with Crippen molar-refractivity contribution in [3.8, 4) is 5.69 Å². The third-order valence-corrected chi connectivity index (χ3v) is 6.29. The second-order valence-corrected chi connectivity index (χ2v) is 9.32. The second kappa shape index (κ2) is 9.09. The Labute approximate surface area is 187 Å². The number of hydrogen-bond donors (Lipinski definition) is 1. The Bertz CT molecular complexity index is 1030. The van der Waals surface area contributed by atoms with Crippen molar-refractivity contribution in [2.24, 2.45) is 0 Å². The van der Waals surface area contributed by atoms with Crippen LogP contribution in [-0.2, 0) is 0 Å². The molecular weight excluding hydrogens is 410 g/mol. The van der Waals surface area contributed by atoms with Crippen molar-refractivity contribution >= 4 is 29.6 Å². The lowest BCUT2D eigenvalue weighted by Gasteiger charge is -2.28. The standard InChI is InChI=1S/C21H29N9S/c1-14-8-10-16(11-9-14)30-20(29-12-6-5-7-13-29)26-27-21(30)31-15(2)17-23-18(22)25-19(24-17)28(3)4/h8-11,15H,5-7,12-13H2,1-4H3,(H2,22,23,24,25)/t15-/m0/s1.